The van der Waals surface area contributed by atoms with Gasteiger partial charge in [0.1, 0.15) is 0 Å². The zero-order valence-electron chi connectivity index (χ0n) is 6.43. The first-order valence-corrected chi connectivity index (χ1v) is 5.14. The van der Waals surface area contributed by atoms with Crippen LogP contribution in [0.5, 0.6) is 0 Å². The number of hydrogen-bond acceptors (Lipinski definition) is 0. The monoisotopic (exact) mass is 144 g/mol. The van der Waals surface area contributed by atoms with E-state index in [1.54, 1.807) is 0 Å². The fraction of sp³-hybridized carbons (Fsp3) is 0.500. The first-order chi connectivity index (χ1) is 4.41. The van der Waals surface area contributed by atoms with Gasteiger partial charge in [-0.05, 0) is 0 Å². The van der Waals surface area contributed by atoms with Gasteiger partial charge < -0.3 is 0 Å². The van der Waals surface area contributed by atoms with Gasteiger partial charge in [0.25, 0.3) is 0 Å². The van der Waals surface area contributed by atoms with Crippen molar-refractivity contribution in [2.24, 2.45) is 0 Å². The van der Waals surface area contributed by atoms with Crippen LogP contribution in [0.1, 0.15) is 19.8 Å². The standard InChI is InChI=1S/C8H17P/c1-2-3-4-5-6-7-8-9/h4-7H,2-3,8H2,1H3,9H4. The van der Waals surface area contributed by atoms with Crippen molar-refractivity contribution in [3.8, 4) is 0 Å². The summed E-state index contributed by atoms with van der Waals surface area (Å²) >= 11 is 0. The maximum absolute atomic E-state index is 2.22. The molecule has 0 bridgehead atoms. The second-order valence-electron chi connectivity index (χ2n) is 2.05. The predicted octanol–water partition coefficient (Wildman–Crippen LogP) is 2.24. The SMILES string of the molecule is CCCC=CC=CC[PH4]. The fourth-order valence-corrected chi connectivity index (χ4v) is 0.828. The maximum atomic E-state index is 2.22. The van der Waals surface area contributed by atoms with Crippen molar-refractivity contribution in [3.05, 3.63) is 24.3 Å². The van der Waals surface area contributed by atoms with E-state index in [9.17, 15) is 0 Å². The van der Waals surface area contributed by atoms with Gasteiger partial charge in [0, 0.05) is 0 Å². The first kappa shape index (κ1) is 8.91. The second-order valence-corrected chi connectivity index (χ2v) is 2.87. The Hall–Kier alpha value is -0.0900. The first-order valence-electron chi connectivity index (χ1n) is 3.73. The minimum atomic E-state index is 1.21. The molecule has 0 aromatic carbocycles. The molecule has 0 aromatic heterocycles. The van der Waals surface area contributed by atoms with Crippen molar-refractivity contribution < 1.29 is 0 Å². The molecular formula is C8H17P. The van der Waals surface area contributed by atoms with Gasteiger partial charge >= 0.3 is 59.5 Å². The van der Waals surface area contributed by atoms with Crippen LogP contribution in [0.3, 0.4) is 0 Å². The molecule has 0 atom stereocenters. The summed E-state index contributed by atoms with van der Waals surface area (Å²) < 4.78 is 0. The average Bonchev–Trinajstić information content (AvgIpc) is 1.89. The van der Waals surface area contributed by atoms with E-state index in [4.69, 9.17) is 0 Å². The molecule has 0 saturated heterocycles. The van der Waals surface area contributed by atoms with Crippen LogP contribution in [0.2, 0.25) is 0 Å². The third-order valence-electron chi connectivity index (χ3n) is 1.07. The van der Waals surface area contributed by atoms with Crippen LogP contribution in [0.15, 0.2) is 24.3 Å². The molecule has 0 radical (unpaired) electrons. The summed E-state index contributed by atoms with van der Waals surface area (Å²) in [5.41, 5.74) is 0. The quantitative estimate of drug-likeness (QED) is 0.419. The van der Waals surface area contributed by atoms with Crippen molar-refractivity contribution in [2.45, 2.75) is 19.8 Å². The Morgan fingerprint density at radius 2 is 1.89 bits per heavy atom. The van der Waals surface area contributed by atoms with E-state index in [0.29, 0.717) is 0 Å². The Kier molecular flexibility index (Phi) is 7.83. The van der Waals surface area contributed by atoms with Crippen molar-refractivity contribution >= 4 is 9.24 Å². The molecule has 0 rings (SSSR count). The molecule has 0 spiro atoms. The van der Waals surface area contributed by atoms with Crippen LogP contribution in [-0.4, -0.2) is 6.16 Å². The summed E-state index contributed by atoms with van der Waals surface area (Å²) in [5.74, 6) is 0. The molecule has 1 heteroatoms. The Balaban J connectivity index is 3.13. The molecule has 0 aromatic rings. The van der Waals surface area contributed by atoms with E-state index in [2.05, 4.69) is 31.2 Å². The minimum absolute atomic E-state index is 1.21. The van der Waals surface area contributed by atoms with Crippen LogP contribution in [0, 0.1) is 0 Å². The molecule has 0 saturated carbocycles. The summed E-state index contributed by atoms with van der Waals surface area (Å²) in [6.07, 6.45) is 12.5. The molecule has 0 aliphatic rings. The van der Waals surface area contributed by atoms with Crippen LogP contribution < -0.4 is 0 Å². The Bertz CT molecular complexity index is 92.7. The number of allylic oxidation sites excluding steroid dienone is 4. The van der Waals surface area contributed by atoms with Crippen LogP contribution in [-0.2, 0) is 0 Å². The molecule has 54 valence electrons. The van der Waals surface area contributed by atoms with Crippen molar-refractivity contribution in [2.75, 3.05) is 6.16 Å². The average molecular weight is 144 g/mol. The summed E-state index contributed by atoms with van der Waals surface area (Å²) in [7, 11) is 1.29. The number of hydrogen-bond donors (Lipinski definition) is 0. The third-order valence-corrected chi connectivity index (χ3v) is 1.55. The van der Waals surface area contributed by atoms with Crippen molar-refractivity contribution in [1.82, 2.24) is 0 Å². The number of rotatable bonds is 4. The molecule has 0 aliphatic carbocycles. The van der Waals surface area contributed by atoms with E-state index < -0.39 is 0 Å². The van der Waals surface area contributed by atoms with Crippen LogP contribution >= 0.6 is 9.24 Å². The van der Waals surface area contributed by atoms with Crippen molar-refractivity contribution in [1.29, 1.82) is 0 Å². The van der Waals surface area contributed by atoms with Crippen LogP contribution in [0.25, 0.3) is 0 Å². The molecule has 0 unspecified atom stereocenters. The zero-order chi connectivity index (χ0) is 6.95. The summed E-state index contributed by atoms with van der Waals surface area (Å²) in [6.45, 7) is 2.20. The fourth-order valence-electron chi connectivity index (χ4n) is 0.556. The zero-order valence-corrected chi connectivity index (χ0v) is 8.43. The van der Waals surface area contributed by atoms with Gasteiger partial charge in [-0.25, -0.2) is 0 Å². The van der Waals surface area contributed by atoms with Gasteiger partial charge in [-0.2, -0.15) is 0 Å². The topological polar surface area (TPSA) is 0 Å². The molecule has 0 aliphatic heterocycles. The normalized spacial score (nSPS) is 11.9. The Morgan fingerprint density at radius 1 is 1.22 bits per heavy atom. The second kappa shape index (κ2) is 7.91. The van der Waals surface area contributed by atoms with Crippen molar-refractivity contribution in [3.63, 3.8) is 0 Å². The Morgan fingerprint density at radius 3 is 2.44 bits per heavy atom. The number of unbranched alkanes of at least 4 members (excludes halogenated alkanes) is 1. The van der Waals surface area contributed by atoms with Gasteiger partial charge in [0.05, 0.1) is 0 Å². The van der Waals surface area contributed by atoms with E-state index in [1.165, 1.54) is 28.2 Å². The van der Waals surface area contributed by atoms with Crippen LogP contribution in [0.4, 0.5) is 0 Å². The molecule has 9 heavy (non-hydrogen) atoms. The van der Waals surface area contributed by atoms with Gasteiger partial charge in [-0.1, -0.05) is 0 Å². The summed E-state index contributed by atoms with van der Waals surface area (Å²) in [4.78, 5) is 0. The molecular weight excluding hydrogens is 127 g/mol. The van der Waals surface area contributed by atoms with E-state index in [0.717, 1.165) is 0 Å². The van der Waals surface area contributed by atoms with Gasteiger partial charge in [-0.3, -0.25) is 0 Å². The van der Waals surface area contributed by atoms with Gasteiger partial charge in [0.15, 0.2) is 0 Å². The van der Waals surface area contributed by atoms with Gasteiger partial charge in [-0.15, -0.1) is 0 Å². The van der Waals surface area contributed by atoms with E-state index in [1.807, 2.05) is 0 Å². The molecule has 0 fully saturated rings. The van der Waals surface area contributed by atoms with Gasteiger partial charge in [0.2, 0.25) is 0 Å². The molecule has 0 N–H and O–H groups in total. The predicted molar refractivity (Wildman–Crippen MR) is 50.6 cm³/mol. The third kappa shape index (κ3) is 7.91. The summed E-state index contributed by atoms with van der Waals surface area (Å²) in [6, 6.07) is 0. The molecule has 0 amide bonds. The molecule has 0 heterocycles. The van der Waals surface area contributed by atoms with E-state index in [-0.39, 0.29) is 0 Å². The Labute approximate surface area is 60.2 Å². The summed E-state index contributed by atoms with van der Waals surface area (Å²) in [5, 5.41) is 0. The van der Waals surface area contributed by atoms with E-state index >= 15 is 0 Å². The molecule has 0 nitrogen and oxygen atoms in total.